The molecule has 0 aliphatic heterocycles. The maximum atomic E-state index is 3.42. The Hall–Kier alpha value is -0.263. The summed E-state index contributed by atoms with van der Waals surface area (Å²) in [6.07, 6.45) is 0. The summed E-state index contributed by atoms with van der Waals surface area (Å²) in [6, 6.07) is 9.78. The Bertz CT molecular complexity index is 259. The van der Waals surface area contributed by atoms with Crippen molar-refractivity contribution in [2.45, 2.75) is 13.1 Å². The van der Waals surface area contributed by atoms with Gasteiger partial charge in [0, 0.05) is 13.1 Å². The van der Waals surface area contributed by atoms with Gasteiger partial charge in [0.15, 0.2) is 0 Å². The second-order valence-corrected chi connectivity index (χ2v) is 4.18. The summed E-state index contributed by atoms with van der Waals surface area (Å²) in [5, 5.41) is 0. The van der Waals surface area contributed by atoms with E-state index in [1.165, 1.54) is 11.1 Å². The van der Waals surface area contributed by atoms with E-state index in [1.54, 1.807) is 0 Å². The van der Waals surface area contributed by atoms with Crippen LogP contribution in [0.1, 0.15) is 11.1 Å². The molecular formula is C12H19LiN2. The molecule has 15 heavy (non-hydrogen) atoms. The van der Waals surface area contributed by atoms with E-state index in [1.807, 2.05) is 0 Å². The Morgan fingerprint density at radius 3 is 1.67 bits per heavy atom. The molecule has 1 aromatic rings. The quantitative estimate of drug-likeness (QED) is 0.434. The Kier molecular flexibility index (Phi) is 6.96. The van der Waals surface area contributed by atoms with Gasteiger partial charge in [-0.2, -0.15) is 24.3 Å². The Balaban J connectivity index is 0.00000196. The molecule has 1 rings (SSSR count). The maximum absolute atomic E-state index is 3.42. The second-order valence-electron chi connectivity index (χ2n) is 4.18. The van der Waals surface area contributed by atoms with Crippen molar-refractivity contribution in [1.29, 1.82) is 0 Å². The molecule has 2 nitrogen and oxygen atoms in total. The minimum absolute atomic E-state index is 0. The third kappa shape index (κ3) is 6.02. The van der Waals surface area contributed by atoms with E-state index in [2.05, 4.69) is 62.3 Å². The molecule has 0 radical (unpaired) electrons. The van der Waals surface area contributed by atoms with Crippen LogP contribution in [0.25, 0.3) is 0 Å². The zero-order valence-corrected chi connectivity index (χ0v) is 10.5. The van der Waals surface area contributed by atoms with Crippen LogP contribution in [0.2, 0.25) is 0 Å². The van der Waals surface area contributed by atoms with E-state index in [0.717, 1.165) is 13.1 Å². The van der Waals surface area contributed by atoms with Crippen LogP contribution in [0.3, 0.4) is 0 Å². The predicted molar refractivity (Wildman–Crippen MR) is 60.1 cm³/mol. The molecule has 0 aliphatic carbocycles. The molecular weight excluding hydrogens is 179 g/mol. The van der Waals surface area contributed by atoms with Crippen molar-refractivity contribution >= 4 is 0 Å². The third-order valence-electron chi connectivity index (χ3n) is 1.89. The molecule has 0 saturated carbocycles. The van der Waals surface area contributed by atoms with E-state index >= 15 is 0 Å². The van der Waals surface area contributed by atoms with Crippen LogP contribution in [0.4, 0.5) is 0 Å². The minimum Gasteiger partial charge on any atom is -0.307 e. The first kappa shape index (κ1) is 14.7. The second kappa shape index (κ2) is 7.08. The average molecular weight is 198 g/mol. The van der Waals surface area contributed by atoms with Crippen LogP contribution in [-0.2, 0) is 13.1 Å². The summed E-state index contributed by atoms with van der Waals surface area (Å²) < 4.78 is 0. The third-order valence-corrected chi connectivity index (χ3v) is 1.89. The maximum Gasteiger partial charge on any atom is 1.00 e. The molecule has 78 valence electrons. The monoisotopic (exact) mass is 198 g/mol. The van der Waals surface area contributed by atoms with E-state index in [9.17, 15) is 0 Å². The van der Waals surface area contributed by atoms with Crippen LogP contribution in [-0.4, -0.2) is 38.0 Å². The van der Waals surface area contributed by atoms with E-state index in [-0.39, 0.29) is 18.9 Å². The fourth-order valence-electron chi connectivity index (χ4n) is 1.44. The number of hydrogen-bond donors (Lipinski definition) is 0. The molecule has 3 heteroatoms. The van der Waals surface area contributed by atoms with Gasteiger partial charge >= 0.3 is 18.9 Å². The molecule has 0 heterocycles. The molecule has 0 aromatic heterocycles. The van der Waals surface area contributed by atoms with Crippen LogP contribution in [0, 0.1) is 6.07 Å². The van der Waals surface area contributed by atoms with Crippen molar-refractivity contribution in [3.8, 4) is 0 Å². The summed E-state index contributed by atoms with van der Waals surface area (Å²) >= 11 is 0. The first-order valence-electron chi connectivity index (χ1n) is 4.87. The molecule has 0 saturated heterocycles. The normalized spacial score (nSPS) is 10.5. The number of benzene rings is 1. The van der Waals surface area contributed by atoms with Crippen LogP contribution < -0.4 is 18.9 Å². The largest absolute Gasteiger partial charge is 1.00 e. The van der Waals surface area contributed by atoms with Gasteiger partial charge in [-0.3, -0.25) is 0 Å². The van der Waals surface area contributed by atoms with Crippen LogP contribution >= 0.6 is 0 Å². The standard InChI is InChI=1S/C12H19N2.Li/c1-13(2)9-11-6-5-7-12(8-11)10-14(3)4;/h5-7H,9-10H2,1-4H3;/q-1;+1. The van der Waals surface area contributed by atoms with Crippen molar-refractivity contribution in [3.63, 3.8) is 0 Å². The smallest absolute Gasteiger partial charge is 0.307 e. The molecule has 0 atom stereocenters. The number of rotatable bonds is 4. The van der Waals surface area contributed by atoms with Gasteiger partial charge in [0.1, 0.15) is 0 Å². The van der Waals surface area contributed by atoms with Crippen molar-refractivity contribution in [2.24, 2.45) is 0 Å². The molecule has 0 amide bonds. The van der Waals surface area contributed by atoms with E-state index < -0.39 is 0 Å². The summed E-state index contributed by atoms with van der Waals surface area (Å²) in [5.74, 6) is 0. The molecule has 1 aromatic carbocycles. The molecule has 0 spiro atoms. The first-order chi connectivity index (χ1) is 6.58. The van der Waals surface area contributed by atoms with Crippen molar-refractivity contribution < 1.29 is 18.9 Å². The average Bonchev–Trinajstić information content (AvgIpc) is 2.01. The molecule has 0 unspecified atom stereocenters. The van der Waals surface area contributed by atoms with E-state index in [0.29, 0.717) is 0 Å². The van der Waals surface area contributed by atoms with E-state index in [4.69, 9.17) is 0 Å². The topological polar surface area (TPSA) is 6.48 Å². The van der Waals surface area contributed by atoms with Gasteiger partial charge in [0.05, 0.1) is 0 Å². The van der Waals surface area contributed by atoms with Crippen LogP contribution in [0.5, 0.6) is 0 Å². The SMILES string of the molecule is CN(C)Cc1[c-]c(CN(C)C)ccc1.[Li+]. The Morgan fingerprint density at radius 1 is 0.933 bits per heavy atom. The van der Waals surface area contributed by atoms with Gasteiger partial charge in [-0.15, -0.1) is 11.1 Å². The van der Waals surface area contributed by atoms with Gasteiger partial charge in [-0.25, -0.2) is 0 Å². The molecule has 0 fully saturated rings. The summed E-state index contributed by atoms with van der Waals surface area (Å²) in [7, 11) is 8.30. The van der Waals surface area contributed by atoms with Gasteiger partial charge in [-0.1, -0.05) is 0 Å². The zero-order chi connectivity index (χ0) is 10.6. The Morgan fingerprint density at radius 2 is 1.33 bits per heavy atom. The van der Waals surface area contributed by atoms with Crippen LogP contribution in [0.15, 0.2) is 18.2 Å². The molecule has 0 bridgehead atoms. The fourth-order valence-corrected chi connectivity index (χ4v) is 1.44. The Labute approximate surface area is 105 Å². The predicted octanol–water partition coefficient (Wildman–Crippen LogP) is -1.39. The van der Waals surface area contributed by atoms with Gasteiger partial charge in [0.2, 0.25) is 0 Å². The fraction of sp³-hybridized carbons (Fsp3) is 0.500. The summed E-state index contributed by atoms with van der Waals surface area (Å²) in [5.41, 5.74) is 2.52. The summed E-state index contributed by atoms with van der Waals surface area (Å²) in [4.78, 5) is 4.32. The van der Waals surface area contributed by atoms with Crippen molar-refractivity contribution in [1.82, 2.24) is 9.80 Å². The van der Waals surface area contributed by atoms with Gasteiger partial charge < -0.3 is 9.80 Å². The zero-order valence-electron chi connectivity index (χ0n) is 10.5. The van der Waals surface area contributed by atoms with Crippen molar-refractivity contribution in [2.75, 3.05) is 28.2 Å². The molecule has 0 aliphatic rings. The first-order valence-corrected chi connectivity index (χ1v) is 4.87. The van der Waals surface area contributed by atoms with Crippen molar-refractivity contribution in [3.05, 3.63) is 35.4 Å². The minimum atomic E-state index is 0. The van der Waals surface area contributed by atoms with Gasteiger partial charge in [-0.05, 0) is 28.2 Å². The molecule has 0 N–H and O–H groups in total. The van der Waals surface area contributed by atoms with Gasteiger partial charge in [0.25, 0.3) is 0 Å². The summed E-state index contributed by atoms with van der Waals surface area (Å²) in [6.45, 7) is 1.92. The number of hydrogen-bond acceptors (Lipinski definition) is 2. The number of nitrogens with zero attached hydrogens (tertiary/aromatic N) is 2.